The van der Waals surface area contributed by atoms with Crippen LogP contribution in [0.25, 0.3) is 0 Å². The van der Waals surface area contributed by atoms with Crippen molar-refractivity contribution in [1.82, 2.24) is 4.98 Å². The third kappa shape index (κ3) is 15.6. The molecular weight excluding hydrogens is 376 g/mol. The van der Waals surface area contributed by atoms with Crippen molar-refractivity contribution in [2.24, 2.45) is 7.05 Å². The fourth-order valence-electron chi connectivity index (χ4n) is 5.00. The number of hydrogen-bond donors (Lipinski definition) is 1. The van der Waals surface area contributed by atoms with Gasteiger partial charge in [0.25, 0.3) is 5.82 Å². The lowest BCUT2D eigenvalue weighted by Gasteiger charge is -2.13. The van der Waals surface area contributed by atoms with E-state index in [0.717, 1.165) is 5.92 Å². The van der Waals surface area contributed by atoms with Gasteiger partial charge in [0.15, 0.2) is 0 Å². The van der Waals surface area contributed by atoms with E-state index in [9.17, 15) is 0 Å². The lowest BCUT2D eigenvalue weighted by Crippen LogP contribution is -2.32. The van der Waals surface area contributed by atoms with E-state index in [-0.39, 0.29) is 0 Å². The van der Waals surface area contributed by atoms with E-state index in [0.29, 0.717) is 0 Å². The largest absolute Gasteiger partial charge is 0.257 e. The zero-order chi connectivity index (χ0) is 22.4. The predicted octanol–water partition coefficient (Wildman–Crippen LogP) is 9.54. The summed E-state index contributed by atoms with van der Waals surface area (Å²) in [5, 5.41) is 0. The first-order valence-electron chi connectivity index (χ1n) is 14.3. The number of hydrogen-bond acceptors (Lipinski definition) is 0. The van der Waals surface area contributed by atoms with Crippen molar-refractivity contribution in [1.29, 1.82) is 0 Å². The molecule has 0 aromatic carbocycles. The number of rotatable bonds is 23. The zero-order valence-electron chi connectivity index (χ0n) is 21.7. The van der Waals surface area contributed by atoms with Crippen LogP contribution in [-0.2, 0) is 7.05 Å². The van der Waals surface area contributed by atoms with Crippen LogP contribution in [0.4, 0.5) is 0 Å². The smallest absolute Gasteiger partial charge is 0.247 e. The van der Waals surface area contributed by atoms with E-state index < -0.39 is 0 Å². The molecule has 0 saturated heterocycles. The van der Waals surface area contributed by atoms with Gasteiger partial charge < -0.3 is 0 Å². The summed E-state index contributed by atoms with van der Waals surface area (Å²) in [7, 11) is 2.20. The maximum Gasteiger partial charge on any atom is 0.257 e. The monoisotopic (exact) mass is 433 g/mol. The van der Waals surface area contributed by atoms with Crippen molar-refractivity contribution in [3.05, 3.63) is 18.2 Å². The van der Waals surface area contributed by atoms with Gasteiger partial charge in [-0.1, -0.05) is 142 Å². The van der Waals surface area contributed by atoms with Gasteiger partial charge in [0.2, 0.25) is 0 Å². The van der Waals surface area contributed by atoms with E-state index in [2.05, 4.69) is 42.8 Å². The molecule has 0 amide bonds. The van der Waals surface area contributed by atoms with E-state index in [1.165, 1.54) is 147 Å². The van der Waals surface area contributed by atoms with Crippen LogP contribution in [0, 0.1) is 0 Å². The standard InChI is InChI=1S/C29H56N2/c1-4-6-8-10-12-13-14-15-16-17-19-21-23-25-28(29-30-26-27-31(29)3)24-22-20-18-11-9-7-5-2/h26-28H,4-25H2,1-3H3/p+1/t28-/m0/s1. The molecule has 0 aliphatic rings. The van der Waals surface area contributed by atoms with E-state index >= 15 is 0 Å². The Hall–Kier alpha value is -0.790. The highest BCUT2D eigenvalue weighted by atomic mass is 15.0. The molecule has 0 aliphatic carbocycles. The van der Waals surface area contributed by atoms with Crippen molar-refractivity contribution in [3.8, 4) is 0 Å². The third-order valence-corrected chi connectivity index (χ3v) is 7.11. The average molecular weight is 434 g/mol. The second kappa shape index (κ2) is 21.1. The van der Waals surface area contributed by atoms with Crippen LogP contribution in [0.3, 0.4) is 0 Å². The second-order valence-electron chi connectivity index (χ2n) is 10.1. The Labute approximate surface area is 196 Å². The normalized spacial score (nSPS) is 12.5. The first-order chi connectivity index (χ1) is 15.3. The molecule has 0 bridgehead atoms. The lowest BCUT2D eigenvalue weighted by atomic mass is 9.93. The predicted molar refractivity (Wildman–Crippen MR) is 138 cm³/mol. The van der Waals surface area contributed by atoms with Gasteiger partial charge in [0.1, 0.15) is 12.4 Å². The average Bonchev–Trinajstić information content (AvgIpc) is 3.20. The van der Waals surface area contributed by atoms with Crippen LogP contribution in [0.2, 0.25) is 0 Å². The Bertz CT molecular complexity index is 479. The first-order valence-corrected chi connectivity index (χ1v) is 14.3. The van der Waals surface area contributed by atoms with Crippen LogP contribution in [0.5, 0.6) is 0 Å². The van der Waals surface area contributed by atoms with Gasteiger partial charge in [-0.05, 0) is 12.8 Å². The molecule has 1 N–H and O–H groups in total. The molecule has 0 aliphatic heterocycles. The van der Waals surface area contributed by atoms with Crippen molar-refractivity contribution in [2.75, 3.05) is 0 Å². The lowest BCUT2D eigenvalue weighted by molar-refractivity contribution is -0.679. The van der Waals surface area contributed by atoms with Crippen molar-refractivity contribution >= 4 is 0 Å². The first kappa shape index (κ1) is 28.2. The van der Waals surface area contributed by atoms with Crippen molar-refractivity contribution in [3.63, 3.8) is 0 Å². The summed E-state index contributed by atoms with van der Waals surface area (Å²) in [5.41, 5.74) is 0. The summed E-state index contributed by atoms with van der Waals surface area (Å²) in [5.74, 6) is 2.17. The number of imidazole rings is 1. The molecule has 0 radical (unpaired) electrons. The number of H-pyrrole nitrogens is 1. The molecule has 0 fully saturated rings. The summed E-state index contributed by atoms with van der Waals surface area (Å²) in [6.45, 7) is 4.61. The van der Waals surface area contributed by atoms with Gasteiger partial charge in [-0.25, -0.2) is 9.55 Å². The van der Waals surface area contributed by atoms with Crippen molar-refractivity contribution in [2.45, 2.75) is 161 Å². The van der Waals surface area contributed by atoms with E-state index in [1.807, 2.05) is 0 Å². The molecule has 1 atom stereocenters. The Morgan fingerprint density at radius 3 is 1.26 bits per heavy atom. The minimum absolute atomic E-state index is 0.725. The highest BCUT2D eigenvalue weighted by Crippen LogP contribution is 2.26. The number of aromatic amines is 1. The van der Waals surface area contributed by atoms with Crippen LogP contribution < -0.4 is 4.57 Å². The van der Waals surface area contributed by atoms with Crippen LogP contribution in [-0.4, -0.2) is 4.98 Å². The Kier molecular flexibility index (Phi) is 19.2. The molecule has 0 spiro atoms. The van der Waals surface area contributed by atoms with Crippen LogP contribution in [0.15, 0.2) is 12.4 Å². The fraction of sp³-hybridized carbons (Fsp3) is 0.897. The fourth-order valence-corrected chi connectivity index (χ4v) is 5.00. The molecule has 1 aromatic rings. The maximum atomic E-state index is 3.53. The zero-order valence-corrected chi connectivity index (χ0v) is 21.7. The summed E-state index contributed by atoms with van der Waals surface area (Å²) in [6, 6.07) is 0. The van der Waals surface area contributed by atoms with E-state index in [4.69, 9.17) is 0 Å². The minimum Gasteiger partial charge on any atom is -0.247 e. The van der Waals surface area contributed by atoms with Gasteiger partial charge in [-0.2, -0.15) is 0 Å². The number of aromatic nitrogens is 2. The quantitative estimate of drug-likeness (QED) is 0.131. The Balaban J connectivity index is 2.06. The highest BCUT2D eigenvalue weighted by Gasteiger charge is 2.20. The number of nitrogens with one attached hydrogen (secondary N) is 1. The molecule has 2 nitrogen and oxygen atoms in total. The third-order valence-electron chi connectivity index (χ3n) is 7.11. The summed E-state index contributed by atoms with van der Waals surface area (Å²) >= 11 is 0. The SMILES string of the molecule is CCCCCCCCCCCCCCC[C@H](CCCCCCCCC)c1[nH]cc[n+]1C. The van der Waals surface area contributed by atoms with Gasteiger partial charge in [0.05, 0.1) is 13.0 Å². The Morgan fingerprint density at radius 1 is 0.581 bits per heavy atom. The molecule has 1 rings (SSSR count). The van der Waals surface area contributed by atoms with Crippen LogP contribution in [0.1, 0.15) is 167 Å². The number of nitrogens with zero attached hydrogens (tertiary/aromatic N) is 1. The molecule has 0 saturated carbocycles. The number of aryl methyl sites for hydroxylation is 1. The Morgan fingerprint density at radius 2 is 0.935 bits per heavy atom. The minimum atomic E-state index is 0.725. The molecule has 2 heteroatoms. The van der Waals surface area contributed by atoms with Gasteiger partial charge in [-0.15, -0.1) is 0 Å². The molecular formula is C29H57N2+. The van der Waals surface area contributed by atoms with E-state index in [1.54, 1.807) is 0 Å². The van der Waals surface area contributed by atoms with Gasteiger partial charge >= 0.3 is 0 Å². The van der Waals surface area contributed by atoms with Gasteiger partial charge in [0, 0.05) is 0 Å². The molecule has 0 unspecified atom stereocenters. The second-order valence-corrected chi connectivity index (χ2v) is 10.1. The van der Waals surface area contributed by atoms with Gasteiger partial charge in [-0.3, -0.25) is 0 Å². The summed E-state index contributed by atoms with van der Waals surface area (Å²) in [4.78, 5) is 3.53. The summed E-state index contributed by atoms with van der Waals surface area (Å²) in [6.07, 6.45) is 35.7. The maximum absolute atomic E-state index is 3.53. The highest BCUT2D eigenvalue weighted by molar-refractivity contribution is 4.89. The van der Waals surface area contributed by atoms with Crippen LogP contribution >= 0.6 is 0 Å². The van der Waals surface area contributed by atoms with Crippen molar-refractivity contribution < 1.29 is 4.57 Å². The number of unbranched alkanes of at least 4 members (excludes halogenated alkanes) is 18. The topological polar surface area (TPSA) is 19.7 Å². The molecule has 1 heterocycles. The molecule has 31 heavy (non-hydrogen) atoms. The summed E-state index contributed by atoms with van der Waals surface area (Å²) < 4.78 is 2.31. The molecule has 1 aromatic heterocycles. The molecule has 182 valence electrons.